The molecule has 1 rings (SSSR count). The standard InChI is InChI=1S/C9H12FNO/c1-6(11)8-4-3-7(10)5-9(8)12-2/h3-6H,11H2,1-2H3/t6-/m0/s1. The van der Waals surface area contributed by atoms with E-state index in [1.807, 2.05) is 6.92 Å². The highest BCUT2D eigenvalue weighted by Gasteiger charge is 2.07. The summed E-state index contributed by atoms with van der Waals surface area (Å²) in [4.78, 5) is 0. The summed E-state index contributed by atoms with van der Waals surface area (Å²) in [7, 11) is 1.50. The molecule has 0 heterocycles. The van der Waals surface area contributed by atoms with Crippen LogP contribution in [0.3, 0.4) is 0 Å². The fourth-order valence-electron chi connectivity index (χ4n) is 1.06. The van der Waals surface area contributed by atoms with Crippen molar-refractivity contribution in [3.8, 4) is 5.75 Å². The van der Waals surface area contributed by atoms with E-state index in [2.05, 4.69) is 0 Å². The molecule has 0 aliphatic rings. The summed E-state index contributed by atoms with van der Waals surface area (Å²) in [5.41, 5.74) is 6.46. The normalized spacial score (nSPS) is 12.7. The molecule has 2 nitrogen and oxygen atoms in total. The Labute approximate surface area is 71.1 Å². The Morgan fingerprint density at radius 2 is 2.17 bits per heavy atom. The van der Waals surface area contributed by atoms with Gasteiger partial charge in [0.2, 0.25) is 0 Å². The first-order valence-corrected chi connectivity index (χ1v) is 3.74. The van der Waals surface area contributed by atoms with Crippen LogP contribution in [0.25, 0.3) is 0 Å². The van der Waals surface area contributed by atoms with Crippen molar-refractivity contribution in [2.45, 2.75) is 13.0 Å². The molecule has 1 aromatic rings. The molecule has 0 unspecified atom stereocenters. The molecule has 0 radical (unpaired) electrons. The van der Waals surface area contributed by atoms with Crippen molar-refractivity contribution in [2.75, 3.05) is 7.11 Å². The van der Waals surface area contributed by atoms with Crippen LogP contribution in [0.5, 0.6) is 5.75 Å². The van der Waals surface area contributed by atoms with Crippen LogP contribution in [0.1, 0.15) is 18.5 Å². The SMILES string of the molecule is COc1cc(F)ccc1[C@H](C)N. The van der Waals surface area contributed by atoms with Crippen molar-refractivity contribution >= 4 is 0 Å². The molecule has 1 aromatic carbocycles. The molecule has 0 amide bonds. The molecule has 0 bridgehead atoms. The molecule has 0 aliphatic heterocycles. The third-order valence-corrected chi connectivity index (χ3v) is 1.69. The molecule has 0 aliphatic carbocycles. The van der Waals surface area contributed by atoms with Gasteiger partial charge in [-0.05, 0) is 13.0 Å². The van der Waals surface area contributed by atoms with Crippen molar-refractivity contribution in [2.24, 2.45) is 5.73 Å². The molecule has 0 aromatic heterocycles. The number of nitrogens with two attached hydrogens (primary N) is 1. The molecule has 0 saturated carbocycles. The van der Waals surface area contributed by atoms with Gasteiger partial charge in [0, 0.05) is 17.7 Å². The molecule has 66 valence electrons. The van der Waals surface area contributed by atoms with E-state index in [0.29, 0.717) is 5.75 Å². The third-order valence-electron chi connectivity index (χ3n) is 1.69. The van der Waals surface area contributed by atoms with Gasteiger partial charge in [-0.15, -0.1) is 0 Å². The van der Waals surface area contributed by atoms with Gasteiger partial charge < -0.3 is 10.5 Å². The van der Waals surface area contributed by atoms with Gasteiger partial charge in [0.1, 0.15) is 11.6 Å². The van der Waals surface area contributed by atoms with E-state index in [1.54, 1.807) is 6.07 Å². The van der Waals surface area contributed by atoms with E-state index >= 15 is 0 Å². The maximum Gasteiger partial charge on any atom is 0.126 e. The van der Waals surface area contributed by atoms with E-state index in [0.717, 1.165) is 5.56 Å². The van der Waals surface area contributed by atoms with Crippen LogP contribution in [0.15, 0.2) is 18.2 Å². The predicted molar refractivity (Wildman–Crippen MR) is 45.6 cm³/mol. The van der Waals surface area contributed by atoms with E-state index in [4.69, 9.17) is 10.5 Å². The summed E-state index contributed by atoms with van der Waals surface area (Å²) in [6.45, 7) is 1.83. The van der Waals surface area contributed by atoms with Crippen molar-refractivity contribution in [1.29, 1.82) is 0 Å². The Balaban J connectivity index is 3.11. The maximum atomic E-state index is 12.7. The first kappa shape index (κ1) is 9.00. The monoisotopic (exact) mass is 169 g/mol. The lowest BCUT2D eigenvalue weighted by Crippen LogP contribution is -2.06. The number of methoxy groups -OCH3 is 1. The number of hydrogen-bond donors (Lipinski definition) is 1. The van der Waals surface area contributed by atoms with Crippen molar-refractivity contribution in [3.05, 3.63) is 29.6 Å². The Morgan fingerprint density at radius 3 is 2.67 bits per heavy atom. The van der Waals surface area contributed by atoms with Gasteiger partial charge in [-0.1, -0.05) is 6.07 Å². The number of hydrogen-bond acceptors (Lipinski definition) is 2. The summed E-state index contributed by atoms with van der Waals surface area (Å²) in [6, 6.07) is 4.21. The summed E-state index contributed by atoms with van der Waals surface area (Å²) >= 11 is 0. The fraction of sp³-hybridized carbons (Fsp3) is 0.333. The average molecular weight is 169 g/mol. The zero-order valence-corrected chi connectivity index (χ0v) is 7.17. The highest BCUT2D eigenvalue weighted by Crippen LogP contribution is 2.23. The molecule has 2 N–H and O–H groups in total. The van der Waals surface area contributed by atoms with Gasteiger partial charge >= 0.3 is 0 Å². The smallest absolute Gasteiger partial charge is 0.126 e. The quantitative estimate of drug-likeness (QED) is 0.733. The molecule has 0 spiro atoms. The second-order valence-corrected chi connectivity index (χ2v) is 2.67. The molecule has 0 saturated heterocycles. The lowest BCUT2D eigenvalue weighted by atomic mass is 10.1. The zero-order chi connectivity index (χ0) is 9.14. The minimum absolute atomic E-state index is 0.138. The fourth-order valence-corrected chi connectivity index (χ4v) is 1.06. The second kappa shape index (κ2) is 3.54. The second-order valence-electron chi connectivity index (χ2n) is 2.67. The van der Waals surface area contributed by atoms with Crippen molar-refractivity contribution in [1.82, 2.24) is 0 Å². The number of benzene rings is 1. The number of rotatable bonds is 2. The zero-order valence-electron chi connectivity index (χ0n) is 7.17. The van der Waals surface area contributed by atoms with Crippen LogP contribution < -0.4 is 10.5 Å². The van der Waals surface area contributed by atoms with Gasteiger partial charge in [-0.25, -0.2) is 4.39 Å². The predicted octanol–water partition coefficient (Wildman–Crippen LogP) is 1.85. The van der Waals surface area contributed by atoms with Gasteiger partial charge in [-0.3, -0.25) is 0 Å². The van der Waals surface area contributed by atoms with E-state index in [-0.39, 0.29) is 11.9 Å². The Bertz CT molecular complexity index is 273. The molecule has 0 fully saturated rings. The maximum absolute atomic E-state index is 12.7. The summed E-state index contributed by atoms with van der Waals surface area (Å²) in [5, 5.41) is 0. The topological polar surface area (TPSA) is 35.2 Å². The average Bonchev–Trinajstić information content (AvgIpc) is 2.03. The van der Waals surface area contributed by atoms with Crippen molar-refractivity contribution in [3.63, 3.8) is 0 Å². The van der Waals surface area contributed by atoms with E-state index in [9.17, 15) is 4.39 Å². The van der Waals surface area contributed by atoms with Crippen LogP contribution in [0.4, 0.5) is 4.39 Å². The molecular formula is C9H12FNO. The van der Waals surface area contributed by atoms with Crippen LogP contribution in [0, 0.1) is 5.82 Å². The van der Waals surface area contributed by atoms with Crippen LogP contribution in [-0.4, -0.2) is 7.11 Å². The lowest BCUT2D eigenvalue weighted by Gasteiger charge is -2.10. The summed E-state index contributed by atoms with van der Waals surface area (Å²) in [5.74, 6) is 0.196. The van der Waals surface area contributed by atoms with Crippen LogP contribution >= 0.6 is 0 Å². The van der Waals surface area contributed by atoms with Crippen LogP contribution in [-0.2, 0) is 0 Å². The van der Waals surface area contributed by atoms with Gasteiger partial charge in [0.15, 0.2) is 0 Å². The summed E-state index contributed by atoms with van der Waals surface area (Å²) in [6.07, 6.45) is 0. The number of ether oxygens (including phenoxy) is 1. The Morgan fingerprint density at radius 1 is 1.50 bits per heavy atom. The van der Waals surface area contributed by atoms with E-state index < -0.39 is 0 Å². The lowest BCUT2D eigenvalue weighted by molar-refractivity contribution is 0.403. The molecule has 1 atom stereocenters. The molecular weight excluding hydrogens is 157 g/mol. The number of halogens is 1. The van der Waals surface area contributed by atoms with Gasteiger partial charge in [0.25, 0.3) is 0 Å². The van der Waals surface area contributed by atoms with Crippen LogP contribution in [0.2, 0.25) is 0 Å². The molecule has 3 heteroatoms. The minimum atomic E-state index is -0.309. The van der Waals surface area contributed by atoms with Crippen molar-refractivity contribution < 1.29 is 9.13 Å². The molecule has 12 heavy (non-hydrogen) atoms. The third kappa shape index (κ3) is 1.74. The van der Waals surface area contributed by atoms with Gasteiger partial charge in [-0.2, -0.15) is 0 Å². The van der Waals surface area contributed by atoms with E-state index in [1.165, 1.54) is 19.2 Å². The highest BCUT2D eigenvalue weighted by molar-refractivity contribution is 5.35. The largest absolute Gasteiger partial charge is 0.496 e. The first-order chi connectivity index (χ1) is 5.65. The Hall–Kier alpha value is -1.09. The first-order valence-electron chi connectivity index (χ1n) is 3.74. The highest BCUT2D eigenvalue weighted by atomic mass is 19.1. The summed E-state index contributed by atoms with van der Waals surface area (Å²) < 4.78 is 17.6. The van der Waals surface area contributed by atoms with Gasteiger partial charge in [0.05, 0.1) is 7.11 Å². The Kier molecular flexibility index (Phi) is 2.65. The minimum Gasteiger partial charge on any atom is -0.496 e.